The molecule has 0 aromatic heterocycles. The van der Waals surface area contributed by atoms with Crippen molar-refractivity contribution in [2.24, 2.45) is 45.3 Å². The van der Waals surface area contributed by atoms with Crippen LogP contribution in [-0.4, -0.2) is 46.8 Å². The van der Waals surface area contributed by atoms with Crippen LogP contribution in [0.3, 0.4) is 0 Å². The van der Waals surface area contributed by atoms with Gasteiger partial charge in [-0.3, -0.25) is 9.59 Å². The Balaban J connectivity index is 1.60. The molecule has 4 fully saturated rings. The number of carbonyl (C=O) groups excluding carboxylic acids is 3. The molecular formula is C31H40FNO6. The van der Waals surface area contributed by atoms with Crippen LogP contribution in [0.25, 0.3) is 0 Å². The maximum absolute atomic E-state index is 17.5. The highest BCUT2D eigenvalue weighted by atomic mass is 19.1. The summed E-state index contributed by atoms with van der Waals surface area (Å²) in [7, 11) is 0. The van der Waals surface area contributed by atoms with Gasteiger partial charge in [0.05, 0.1) is 12.0 Å². The molecule has 1 N–H and O–H groups in total. The number of ketones is 1. The third-order valence-electron chi connectivity index (χ3n) is 12.3. The standard InChI is InChI=1S/C31H40FNO6/c1-17-14-21-20-9-8-18-15-19(34)10-11-28(18,6)30(20,32)22(35)16-29(21,7)31(17,25(37)38-13-12-33)39-24(36)23-26(2,3)27(23,4)5/h10-11,15,17,20-23,35H,8-9,13-14,16H2,1-7H3/t17-,20?,21?,22-,28-,29-,30-,31-/m0/s1. The third kappa shape index (κ3) is 3.20. The number of nitriles is 1. The van der Waals surface area contributed by atoms with Crippen molar-refractivity contribution < 1.29 is 33.4 Å². The molecule has 4 saturated carbocycles. The van der Waals surface area contributed by atoms with Crippen molar-refractivity contribution in [1.82, 2.24) is 0 Å². The molecule has 7 nitrogen and oxygen atoms in total. The number of esters is 2. The second kappa shape index (κ2) is 8.25. The molecule has 0 spiro atoms. The van der Waals surface area contributed by atoms with Gasteiger partial charge in [0.1, 0.15) is 6.07 Å². The van der Waals surface area contributed by atoms with Gasteiger partial charge in [-0.05, 0) is 61.5 Å². The number of fused-ring (bicyclic) bond motifs is 5. The molecule has 5 aliphatic carbocycles. The molecule has 0 aromatic rings. The Morgan fingerprint density at radius 2 is 1.79 bits per heavy atom. The molecule has 0 heterocycles. The normalized spacial score (nSPS) is 45.2. The number of alkyl halides is 1. The monoisotopic (exact) mass is 541 g/mol. The van der Waals surface area contributed by atoms with E-state index in [0.29, 0.717) is 24.8 Å². The summed E-state index contributed by atoms with van der Waals surface area (Å²) in [6.45, 7) is 12.8. The van der Waals surface area contributed by atoms with E-state index in [9.17, 15) is 19.5 Å². The minimum Gasteiger partial charge on any atom is -0.447 e. The first-order valence-electron chi connectivity index (χ1n) is 14.0. The minimum atomic E-state index is -2.07. The van der Waals surface area contributed by atoms with Crippen molar-refractivity contribution in [3.63, 3.8) is 0 Å². The van der Waals surface area contributed by atoms with Gasteiger partial charge in [0.25, 0.3) is 0 Å². The summed E-state index contributed by atoms with van der Waals surface area (Å²) in [6, 6.07) is 1.82. The molecule has 0 aliphatic heterocycles. The van der Waals surface area contributed by atoms with Crippen molar-refractivity contribution in [2.75, 3.05) is 6.61 Å². The summed E-state index contributed by atoms with van der Waals surface area (Å²) in [6.07, 6.45) is 4.10. The summed E-state index contributed by atoms with van der Waals surface area (Å²) in [5.74, 6) is -3.54. The first-order chi connectivity index (χ1) is 18.0. The highest BCUT2D eigenvalue weighted by Gasteiger charge is 2.79. The van der Waals surface area contributed by atoms with E-state index < -0.39 is 70.4 Å². The predicted octanol–water partition coefficient (Wildman–Crippen LogP) is 4.63. The third-order valence-corrected chi connectivity index (χ3v) is 12.3. The molecule has 8 heteroatoms. The number of carbonyl (C=O) groups is 3. The summed E-state index contributed by atoms with van der Waals surface area (Å²) >= 11 is 0. The number of ether oxygens (including phenoxy) is 2. The van der Waals surface area contributed by atoms with Crippen LogP contribution in [0.1, 0.15) is 74.1 Å². The van der Waals surface area contributed by atoms with Crippen LogP contribution in [0.5, 0.6) is 0 Å². The molecule has 0 amide bonds. The van der Waals surface area contributed by atoms with Gasteiger partial charge in [-0.15, -0.1) is 0 Å². The Bertz CT molecular complexity index is 1230. The lowest BCUT2D eigenvalue weighted by Gasteiger charge is -2.62. The highest BCUT2D eigenvalue weighted by molar-refractivity contribution is 6.01. The Morgan fingerprint density at radius 3 is 2.38 bits per heavy atom. The summed E-state index contributed by atoms with van der Waals surface area (Å²) in [5, 5.41) is 20.8. The van der Waals surface area contributed by atoms with Gasteiger partial charge in [0.15, 0.2) is 18.1 Å². The van der Waals surface area contributed by atoms with Crippen LogP contribution >= 0.6 is 0 Å². The largest absolute Gasteiger partial charge is 0.447 e. The fraction of sp³-hybridized carbons (Fsp3) is 0.742. The maximum Gasteiger partial charge on any atom is 0.352 e. The van der Waals surface area contributed by atoms with Gasteiger partial charge >= 0.3 is 11.9 Å². The van der Waals surface area contributed by atoms with Crippen molar-refractivity contribution in [3.05, 3.63) is 23.8 Å². The van der Waals surface area contributed by atoms with Crippen molar-refractivity contribution in [1.29, 1.82) is 5.26 Å². The number of aliphatic hydroxyl groups excluding tert-OH is 1. The van der Waals surface area contributed by atoms with Crippen LogP contribution in [0.15, 0.2) is 23.8 Å². The SMILES string of the molecule is C[C@H]1CC2C3CCC4=CC(=O)C=C[C@]4(C)[C@@]3(F)[C@@H](O)C[C@]2(C)[C@@]1(OC(=O)C1C(C)(C)C1(C)C)C(=O)OCC#N. The molecule has 0 aromatic carbocycles. The van der Waals surface area contributed by atoms with E-state index in [1.807, 2.05) is 47.6 Å². The van der Waals surface area contributed by atoms with E-state index >= 15 is 4.39 Å². The number of aliphatic hydroxyl groups is 1. The van der Waals surface area contributed by atoms with Crippen LogP contribution in [0, 0.1) is 56.7 Å². The molecule has 8 atom stereocenters. The Kier molecular flexibility index (Phi) is 5.93. The minimum absolute atomic E-state index is 0.133. The van der Waals surface area contributed by atoms with Gasteiger partial charge < -0.3 is 14.6 Å². The maximum atomic E-state index is 17.5. The predicted molar refractivity (Wildman–Crippen MR) is 139 cm³/mol. The molecule has 212 valence electrons. The van der Waals surface area contributed by atoms with Gasteiger partial charge in [-0.1, -0.05) is 53.2 Å². The number of rotatable bonds is 4. The number of halogens is 1. The highest BCUT2D eigenvalue weighted by Crippen LogP contribution is 2.73. The lowest BCUT2D eigenvalue weighted by molar-refractivity contribution is -0.237. The van der Waals surface area contributed by atoms with E-state index in [2.05, 4.69) is 0 Å². The average molecular weight is 542 g/mol. The van der Waals surface area contributed by atoms with Gasteiger partial charge in [-0.25, -0.2) is 9.18 Å². The zero-order valence-electron chi connectivity index (χ0n) is 24.0. The number of hydrogen-bond donors (Lipinski definition) is 1. The van der Waals surface area contributed by atoms with E-state index in [0.717, 1.165) is 0 Å². The number of allylic oxidation sites excluding steroid dienone is 4. The van der Waals surface area contributed by atoms with Gasteiger partial charge in [0.2, 0.25) is 5.60 Å². The zero-order chi connectivity index (χ0) is 29.0. The van der Waals surface area contributed by atoms with Crippen LogP contribution in [0.4, 0.5) is 4.39 Å². The Hall–Kier alpha value is -2.53. The van der Waals surface area contributed by atoms with E-state index in [-0.39, 0.29) is 23.0 Å². The molecular weight excluding hydrogens is 501 g/mol. The molecule has 5 aliphatic rings. The summed E-state index contributed by atoms with van der Waals surface area (Å²) < 4.78 is 29.2. The van der Waals surface area contributed by atoms with Crippen molar-refractivity contribution in [3.8, 4) is 6.07 Å². The first kappa shape index (κ1) is 28.0. The van der Waals surface area contributed by atoms with E-state index in [1.165, 1.54) is 12.2 Å². The lowest BCUT2D eigenvalue weighted by Crippen LogP contribution is -2.70. The molecule has 0 saturated heterocycles. The molecule has 0 bridgehead atoms. The Morgan fingerprint density at radius 1 is 1.15 bits per heavy atom. The summed E-state index contributed by atoms with van der Waals surface area (Å²) in [5.41, 5.74) is -6.16. The fourth-order valence-electron chi connectivity index (χ4n) is 9.43. The topological polar surface area (TPSA) is 114 Å². The van der Waals surface area contributed by atoms with Gasteiger partial charge in [0, 0.05) is 22.7 Å². The van der Waals surface area contributed by atoms with Crippen LogP contribution in [-0.2, 0) is 23.9 Å². The molecule has 39 heavy (non-hydrogen) atoms. The second-order valence-electron chi connectivity index (χ2n) is 14.2. The second-order valence-corrected chi connectivity index (χ2v) is 14.2. The quantitative estimate of drug-likeness (QED) is 0.516. The number of hydrogen-bond acceptors (Lipinski definition) is 7. The van der Waals surface area contributed by atoms with E-state index in [1.54, 1.807) is 13.0 Å². The lowest BCUT2D eigenvalue weighted by atomic mass is 9.44. The zero-order valence-corrected chi connectivity index (χ0v) is 24.0. The van der Waals surface area contributed by atoms with Gasteiger partial charge in [-0.2, -0.15) is 5.26 Å². The van der Waals surface area contributed by atoms with Crippen molar-refractivity contribution in [2.45, 2.75) is 91.5 Å². The Labute approximate surface area is 229 Å². The van der Waals surface area contributed by atoms with Crippen molar-refractivity contribution >= 4 is 17.7 Å². The smallest absolute Gasteiger partial charge is 0.352 e. The number of nitrogens with zero attached hydrogens (tertiary/aromatic N) is 1. The summed E-state index contributed by atoms with van der Waals surface area (Å²) in [4.78, 5) is 39.8. The molecule has 0 radical (unpaired) electrons. The molecule has 5 rings (SSSR count). The average Bonchev–Trinajstić information content (AvgIpc) is 3.16. The van der Waals surface area contributed by atoms with Crippen LogP contribution in [0.2, 0.25) is 0 Å². The van der Waals surface area contributed by atoms with Crippen LogP contribution < -0.4 is 0 Å². The van der Waals surface area contributed by atoms with E-state index in [4.69, 9.17) is 14.7 Å². The first-order valence-corrected chi connectivity index (χ1v) is 14.0. The fourth-order valence-corrected chi connectivity index (χ4v) is 9.43. The molecule has 2 unspecified atom stereocenters.